The smallest absolute Gasteiger partial charge is 0.338 e. The molecule has 3 heterocycles. The summed E-state index contributed by atoms with van der Waals surface area (Å²) in [4.78, 5) is 32.9. The first-order chi connectivity index (χ1) is 17.4. The molecule has 1 saturated heterocycles. The number of nitrogens with zero attached hydrogens (tertiary/aromatic N) is 4. The van der Waals surface area contributed by atoms with Crippen molar-refractivity contribution in [2.45, 2.75) is 32.2 Å². The van der Waals surface area contributed by atoms with E-state index >= 15 is 0 Å². The lowest BCUT2D eigenvalue weighted by Crippen LogP contribution is -2.44. The normalized spacial score (nSPS) is 15.8. The first-order valence-electron chi connectivity index (χ1n) is 12.2. The zero-order valence-electron chi connectivity index (χ0n) is 20.5. The number of hydrogen-bond donors (Lipinski definition) is 1. The Morgan fingerprint density at radius 2 is 1.92 bits per heavy atom. The van der Waals surface area contributed by atoms with E-state index in [0.29, 0.717) is 36.4 Å². The molecule has 0 radical (unpaired) electrons. The number of benzene rings is 2. The van der Waals surface area contributed by atoms with Crippen LogP contribution in [0.25, 0.3) is 0 Å². The second-order valence-corrected chi connectivity index (χ2v) is 9.81. The second-order valence-electron chi connectivity index (χ2n) is 9.37. The van der Waals surface area contributed by atoms with E-state index < -0.39 is 0 Å². The average Bonchev–Trinajstić information content (AvgIpc) is 3.17. The predicted molar refractivity (Wildman–Crippen MR) is 141 cm³/mol. The number of nitrogens with one attached hydrogen (secondary N) is 1. The van der Waals surface area contributed by atoms with Crippen LogP contribution in [0.1, 0.15) is 36.1 Å². The molecule has 5 rings (SSSR count). The molecule has 3 aromatic rings. The minimum atomic E-state index is -0.357. The van der Waals surface area contributed by atoms with Gasteiger partial charge in [-0.3, -0.25) is 9.56 Å². The number of halogens is 1. The molecule has 0 bridgehead atoms. The van der Waals surface area contributed by atoms with Gasteiger partial charge in [0.25, 0.3) is 0 Å². The third-order valence-corrected chi connectivity index (χ3v) is 7.41. The van der Waals surface area contributed by atoms with Gasteiger partial charge in [0, 0.05) is 30.7 Å². The van der Waals surface area contributed by atoms with Crippen LogP contribution in [0.4, 0.5) is 10.6 Å². The summed E-state index contributed by atoms with van der Waals surface area (Å²) in [5.41, 5.74) is 2.36. The maximum absolute atomic E-state index is 13.4. The monoisotopic (exact) mass is 507 g/mol. The van der Waals surface area contributed by atoms with Gasteiger partial charge in [0.05, 0.1) is 19.3 Å². The van der Waals surface area contributed by atoms with Crippen LogP contribution in [0.3, 0.4) is 0 Å². The summed E-state index contributed by atoms with van der Waals surface area (Å²) in [5.74, 6) is 2.52. The van der Waals surface area contributed by atoms with Crippen molar-refractivity contribution in [1.82, 2.24) is 14.0 Å². The van der Waals surface area contributed by atoms with Gasteiger partial charge in [-0.05, 0) is 61.4 Å². The number of amides is 1. The summed E-state index contributed by atoms with van der Waals surface area (Å²) >= 11 is 5.98. The van der Waals surface area contributed by atoms with Crippen molar-refractivity contribution in [2.75, 3.05) is 25.5 Å². The molecule has 2 aliphatic heterocycles. The Morgan fingerprint density at radius 1 is 1.17 bits per heavy atom. The quantitative estimate of drug-likeness (QED) is 0.550. The molecular formula is C27H30ClN5O3. The van der Waals surface area contributed by atoms with Crippen LogP contribution in [0.5, 0.6) is 5.75 Å². The van der Waals surface area contributed by atoms with Crippen molar-refractivity contribution < 1.29 is 9.53 Å². The van der Waals surface area contributed by atoms with Gasteiger partial charge in [0.1, 0.15) is 17.4 Å². The highest BCUT2D eigenvalue weighted by atomic mass is 35.5. The number of ether oxygens (including phenoxy) is 1. The molecule has 1 amide bonds. The first-order valence-corrected chi connectivity index (χ1v) is 12.6. The van der Waals surface area contributed by atoms with Crippen molar-refractivity contribution >= 4 is 29.3 Å². The van der Waals surface area contributed by atoms with Crippen molar-refractivity contribution in [1.29, 1.82) is 0 Å². The Balaban J connectivity index is 1.25. The largest absolute Gasteiger partial charge is 0.497 e. The van der Waals surface area contributed by atoms with Crippen LogP contribution in [0.15, 0.2) is 58.3 Å². The number of imidazole rings is 1. The maximum Gasteiger partial charge on any atom is 0.338 e. The molecule has 1 fully saturated rings. The highest BCUT2D eigenvalue weighted by Gasteiger charge is 2.30. The highest BCUT2D eigenvalue weighted by molar-refractivity contribution is 6.30. The standard InChI is InChI=1S/C27H30ClN5O3/c1-31-25-23(17-29-24(30-25)20-4-3-5-22(16-20)36-2)33(26(31)34)27(35)32-14-12-19(13-15-32)7-6-18-8-10-21(28)11-9-18/h3-5,8-11,16,19H,6-7,12-15,17H2,1-2H3,(H,29,30). The highest BCUT2D eigenvalue weighted by Crippen LogP contribution is 2.26. The molecule has 0 atom stereocenters. The SMILES string of the molecule is COc1cccc(C2=NCc3c(n(C)c(=O)n3C(=O)N3CCC(CCc4ccc(Cl)cc4)CC3)N2)c1. The van der Waals surface area contributed by atoms with E-state index in [2.05, 4.69) is 22.4 Å². The molecule has 1 aromatic heterocycles. The summed E-state index contributed by atoms with van der Waals surface area (Å²) in [6.45, 7) is 1.53. The molecule has 1 N–H and O–H groups in total. The zero-order valence-corrected chi connectivity index (χ0v) is 21.3. The van der Waals surface area contributed by atoms with Crippen LogP contribution in [0, 0.1) is 5.92 Å². The van der Waals surface area contributed by atoms with E-state index in [1.165, 1.54) is 14.7 Å². The van der Waals surface area contributed by atoms with Gasteiger partial charge in [-0.2, -0.15) is 0 Å². The van der Waals surface area contributed by atoms with Gasteiger partial charge in [-0.25, -0.2) is 14.2 Å². The lowest BCUT2D eigenvalue weighted by molar-refractivity contribution is 0.168. The molecule has 9 heteroatoms. The van der Waals surface area contributed by atoms with E-state index in [9.17, 15) is 9.59 Å². The fourth-order valence-corrected chi connectivity index (χ4v) is 5.10. The Bertz CT molecular complexity index is 1350. The number of fused-ring (bicyclic) bond motifs is 1. The number of rotatable bonds is 5. The van der Waals surface area contributed by atoms with Gasteiger partial charge in [0.15, 0.2) is 0 Å². The van der Waals surface area contributed by atoms with Crippen molar-refractivity contribution in [3.05, 3.63) is 80.9 Å². The summed E-state index contributed by atoms with van der Waals surface area (Å²) in [7, 11) is 3.29. The fourth-order valence-electron chi connectivity index (χ4n) is 4.98. The van der Waals surface area contributed by atoms with Gasteiger partial charge in [-0.1, -0.05) is 35.9 Å². The van der Waals surface area contributed by atoms with E-state index in [1.807, 2.05) is 36.4 Å². The molecule has 188 valence electrons. The number of hydrogen-bond acceptors (Lipinski definition) is 5. The number of methoxy groups -OCH3 is 1. The van der Waals surface area contributed by atoms with E-state index in [4.69, 9.17) is 16.3 Å². The van der Waals surface area contributed by atoms with Crippen LogP contribution < -0.4 is 15.7 Å². The topological polar surface area (TPSA) is 80.9 Å². The molecule has 0 spiro atoms. The zero-order chi connectivity index (χ0) is 25.2. The Kier molecular flexibility index (Phi) is 6.87. The van der Waals surface area contributed by atoms with Gasteiger partial charge in [0.2, 0.25) is 0 Å². The molecular weight excluding hydrogens is 478 g/mol. The number of aryl methyl sites for hydroxylation is 1. The molecule has 0 saturated carbocycles. The minimum absolute atomic E-state index is 0.244. The predicted octanol–water partition coefficient (Wildman–Crippen LogP) is 4.53. The van der Waals surface area contributed by atoms with Crippen LogP contribution in [0.2, 0.25) is 5.02 Å². The third-order valence-electron chi connectivity index (χ3n) is 7.15. The van der Waals surface area contributed by atoms with Crippen LogP contribution in [-0.2, 0) is 20.0 Å². The van der Waals surface area contributed by atoms with Crippen LogP contribution >= 0.6 is 11.6 Å². The molecule has 2 aliphatic rings. The Labute approximate surface area is 215 Å². The molecule has 8 nitrogen and oxygen atoms in total. The number of carbonyl (C=O) groups is 1. The molecule has 2 aromatic carbocycles. The lowest BCUT2D eigenvalue weighted by Gasteiger charge is -2.32. The van der Waals surface area contributed by atoms with E-state index in [1.54, 1.807) is 19.1 Å². The van der Waals surface area contributed by atoms with Crippen LogP contribution in [-0.4, -0.2) is 46.1 Å². The minimum Gasteiger partial charge on any atom is -0.497 e. The molecule has 0 unspecified atom stereocenters. The first kappa shape index (κ1) is 24.2. The van der Waals surface area contributed by atoms with Gasteiger partial charge >= 0.3 is 11.7 Å². The Morgan fingerprint density at radius 3 is 2.64 bits per heavy atom. The summed E-state index contributed by atoms with van der Waals surface area (Å²) in [6.07, 6.45) is 3.94. The molecule has 0 aliphatic carbocycles. The number of likely N-dealkylation sites (tertiary alicyclic amines) is 1. The van der Waals surface area contributed by atoms with Crippen molar-refractivity contribution in [3.63, 3.8) is 0 Å². The Hall–Kier alpha value is -3.52. The fraction of sp³-hybridized carbons (Fsp3) is 0.370. The summed E-state index contributed by atoms with van der Waals surface area (Å²) in [6, 6.07) is 15.3. The second kappa shape index (κ2) is 10.2. The number of carbonyl (C=O) groups excluding carboxylic acids is 1. The number of piperidine rings is 1. The maximum atomic E-state index is 13.4. The summed E-state index contributed by atoms with van der Waals surface area (Å²) < 4.78 is 8.08. The van der Waals surface area contributed by atoms with E-state index in [0.717, 1.165) is 42.0 Å². The van der Waals surface area contributed by atoms with Crippen molar-refractivity contribution in [3.8, 4) is 5.75 Å². The van der Waals surface area contributed by atoms with Gasteiger partial charge < -0.3 is 15.0 Å². The lowest BCUT2D eigenvalue weighted by atomic mass is 9.90. The number of anilines is 1. The number of aliphatic imine (C=N–C) groups is 1. The number of amidine groups is 1. The van der Waals surface area contributed by atoms with Crippen molar-refractivity contribution in [2.24, 2.45) is 18.0 Å². The third kappa shape index (κ3) is 4.78. The van der Waals surface area contributed by atoms with Gasteiger partial charge in [-0.15, -0.1) is 0 Å². The molecule has 36 heavy (non-hydrogen) atoms. The average molecular weight is 508 g/mol. The summed E-state index contributed by atoms with van der Waals surface area (Å²) in [5, 5.41) is 4.00. The number of aromatic nitrogens is 2. The van der Waals surface area contributed by atoms with E-state index in [-0.39, 0.29) is 18.3 Å².